The molecule has 0 heterocycles. The summed E-state index contributed by atoms with van der Waals surface area (Å²) < 4.78 is 31.5. The zero-order valence-electron chi connectivity index (χ0n) is 11.2. The highest BCUT2D eigenvalue weighted by Crippen LogP contribution is 2.22. The van der Waals surface area contributed by atoms with Gasteiger partial charge in [0, 0.05) is 19.2 Å². The molecule has 0 amide bonds. The molecule has 0 aliphatic carbocycles. The Labute approximate surface area is 124 Å². The average Bonchev–Trinajstić information content (AvgIpc) is 2.42. The van der Waals surface area contributed by atoms with Crippen LogP contribution in [0, 0.1) is 11.8 Å². The highest BCUT2D eigenvalue weighted by atomic mass is 35.5. The molecule has 0 aliphatic rings. The van der Waals surface area contributed by atoms with Gasteiger partial charge in [0.1, 0.15) is 11.5 Å². The Morgan fingerprint density at radius 2 is 2.20 bits per heavy atom. The lowest BCUT2D eigenvalue weighted by Crippen LogP contribution is -2.31. The van der Waals surface area contributed by atoms with E-state index in [1.165, 1.54) is 25.3 Å². The molecule has 110 valence electrons. The quantitative estimate of drug-likeness (QED) is 0.794. The van der Waals surface area contributed by atoms with Crippen LogP contribution in [0.5, 0.6) is 0 Å². The second-order valence-corrected chi connectivity index (χ2v) is 6.15. The lowest BCUT2D eigenvalue weighted by molar-refractivity contribution is 0.122. The van der Waals surface area contributed by atoms with Crippen LogP contribution in [-0.4, -0.2) is 39.9 Å². The van der Waals surface area contributed by atoms with Crippen molar-refractivity contribution in [2.75, 3.05) is 20.3 Å². The minimum atomic E-state index is -3.69. The van der Waals surface area contributed by atoms with E-state index in [1.54, 1.807) is 6.92 Å². The van der Waals surface area contributed by atoms with Gasteiger partial charge in [0.15, 0.2) is 0 Å². The molecule has 1 rings (SSSR count). The minimum absolute atomic E-state index is 0.0166. The number of aliphatic hydroxyl groups excluding tert-OH is 1. The molecule has 0 aliphatic heterocycles. The van der Waals surface area contributed by atoms with E-state index in [2.05, 4.69) is 16.6 Å². The summed E-state index contributed by atoms with van der Waals surface area (Å²) in [4.78, 5) is -0.0166. The van der Waals surface area contributed by atoms with Crippen molar-refractivity contribution in [3.8, 4) is 11.8 Å². The van der Waals surface area contributed by atoms with Gasteiger partial charge in [-0.3, -0.25) is 0 Å². The van der Waals surface area contributed by atoms with Crippen molar-refractivity contribution in [1.82, 2.24) is 4.72 Å². The third-order valence-electron chi connectivity index (χ3n) is 2.50. The van der Waals surface area contributed by atoms with E-state index in [9.17, 15) is 8.42 Å². The Hall–Kier alpha value is -1.10. The van der Waals surface area contributed by atoms with Crippen LogP contribution in [0.15, 0.2) is 23.1 Å². The number of halogens is 1. The first-order valence-electron chi connectivity index (χ1n) is 5.82. The van der Waals surface area contributed by atoms with Crippen LogP contribution in [0.25, 0.3) is 0 Å². The molecule has 0 fully saturated rings. The van der Waals surface area contributed by atoms with Gasteiger partial charge < -0.3 is 9.84 Å². The highest BCUT2D eigenvalue weighted by molar-refractivity contribution is 7.89. The van der Waals surface area contributed by atoms with Gasteiger partial charge in [-0.25, -0.2) is 13.1 Å². The predicted octanol–water partition coefficient (Wildman–Crippen LogP) is 0.997. The van der Waals surface area contributed by atoms with Crippen molar-refractivity contribution in [2.45, 2.75) is 17.9 Å². The SMILES string of the molecule is COC(C)CNS(=O)(=O)c1ccc(C#CCO)cc1Cl. The number of nitrogens with one attached hydrogen (secondary N) is 1. The van der Waals surface area contributed by atoms with Gasteiger partial charge in [-0.05, 0) is 25.1 Å². The normalized spacial score (nSPS) is 12.6. The topological polar surface area (TPSA) is 75.6 Å². The van der Waals surface area contributed by atoms with Gasteiger partial charge in [-0.1, -0.05) is 23.4 Å². The number of hydrogen-bond acceptors (Lipinski definition) is 4. The first-order valence-corrected chi connectivity index (χ1v) is 7.68. The van der Waals surface area contributed by atoms with Crippen molar-refractivity contribution < 1.29 is 18.3 Å². The first kappa shape index (κ1) is 17.0. The summed E-state index contributed by atoms with van der Waals surface area (Å²) >= 11 is 5.96. The van der Waals surface area contributed by atoms with E-state index >= 15 is 0 Å². The molecule has 1 aromatic rings. The molecule has 20 heavy (non-hydrogen) atoms. The summed E-state index contributed by atoms with van der Waals surface area (Å²) in [6, 6.07) is 4.35. The summed E-state index contributed by atoms with van der Waals surface area (Å²) in [7, 11) is -2.19. The van der Waals surface area contributed by atoms with Crippen LogP contribution >= 0.6 is 11.6 Å². The van der Waals surface area contributed by atoms with Gasteiger partial charge >= 0.3 is 0 Å². The third-order valence-corrected chi connectivity index (χ3v) is 4.40. The van der Waals surface area contributed by atoms with Crippen LogP contribution < -0.4 is 4.72 Å². The zero-order chi connectivity index (χ0) is 15.2. The van der Waals surface area contributed by atoms with Crippen molar-refractivity contribution in [3.05, 3.63) is 28.8 Å². The molecule has 0 spiro atoms. The number of aliphatic hydroxyl groups is 1. The standard InChI is InChI=1S/C13H16ClNO4S/c1-10(19-2)9-15-20(17,18)13-6-5-11(4-3-7-16)8-12(13)14/h5-6,8,10,15-16H,7,9H2,1-2H3. The second kappa shape index (κ2) is 7.62. The van der Waals surface area contributed by atoms with Crippen molar-refractivity contribution in [3.63, 3.8) is 0 Å². The number of methoxy groups -OCH3 is 1. The summed E-state index contributed by atoms with van der Waals surface area (Å²) in [6.45, 7) is 1.63. The Morgan fingerprint density at radius 1 is 1.50 bits per heavy atom. The van der Waals surface area contributed by atoms with Crippen LogP contribution in [0.2, 0.25) is 5.02 Å². The monoisotopic (exact) mass is 317 g/mol. The molecule has 0 saturated carbocycles. The van der Waals surface area contributed by atoms with Crippen molar-refractivity contribution >= 4 is 21.6 Å². The average molecular weight is 318 g/mol. The molecule has 0 radical (unpaired) electrons. The first-order chi connectivity index (χ1) is 9.40. The fourth-order valence-corrected chi connectivity index (χ4v) is 2.98. The van der Waals surface area contributed by atoms with E-state index < -0.39 is 10.0 Å². The van der Waals surface area contributed by atoms with Crippen LogP contribution in [0.3, 0.4) is 0 Å². The fraction of sp³-hybridized carbons (Fsp3) is 0.385. The van der Waals surface area contributed by atoms with E-state index in [0.717, 1.165) is 0 Å². The van der Waals surface area contributed by atoms with E-state index in [4.69, 9.17) is 21.4 Å². The maximum atomic E-state index is 12.1. The van der Waals surface area contributed by atoms with Crippen molar-refractivity contribution in [2.24, 2.45) is 0 Å². The van der Waals surface area contributed by atoms with Crippen LogP contribution in [-0.2, 0) is 14.8 Å². The Kier molecular flexibility index (Phi) is 6.46. The van der Waals surface area contributed by atoms with Crippen molar-refractivity contribution in [1.29, 1.82) is 0 Å². The maximum absolute atomic E-state index is 12.1. The minimum Gasteiger partial charge on any atom is -0.384 e. The van der Waals surface area contributed by atoms with Gasteiger partial charge in [0.25, 0.3) is 0 Å². The van der Waals surface area contributed by atoms with Crippen LogP contribution in [0.4, 0.5) is 0 Å². The Bertz CT molecular complexity index is 619. The van der Waals surface area contributed by atoms with Gasteiger partial charge in [-0.15, -0.1) is 0 Å². The maximum Gasteiger partial charge on any atom is 0.242 e. The molecule has 1 unspecified atom stereocenters. The van der Waals surface area contributed by atoms with E-state index in [-0.39, 0.29) is 29.2 Å². The third kappa shape index (κ3) is 4.78. The molecule has 0 bridgehead atoms. The van der Waals surface area contributed by atoms with Gasteiger partial charge in [0.05, 0.1) is 11.1 Å². The van der Waals surface area contributed by atoms with Gasteiger partial charge in [0.2, 0.25) is 10.0 Å². The molecule has 0 saturated heterocycles. The molecule has 7 heteroatoms. The number of hydrogen-bond donors (Lipinski definition) is 2. The number of rotatable bonds is 5. The highest BCUT2D eigenvalue weighted by Gasteiger charge is 2.18. The molecular weight excluding hydrogens is 302 g/mol. The van der Waals surface area contributed by atoms with Gasteiger partial charge in [-0.2, -0.15) is 0 Å². The van der Waals surface area contributed by atoms with E-state index in [0.29, 0.717) is 5.56 Å². The molecule has 5 nitrogen and oxygen atoms in total. The second-order valence-electron chi connectivity index (χ2n) is 4.00. The number of benzene rings is 1. The Balaban J connectivity index is 2.96. The largest absolute Gasteiger partial charge is 0.384 e. The molecule has 0 aromatic heterocycles. The number of sulfonamides is 1. The smallest absolute Gasteiger partial charge is 0.242 e. The van der Waals surface area contributed by atoms with E-state index in [1.807, 2.05) is 0 Å². The van der Waals surface area contributed by atoms with Crippen LogP contribution in [0.1, 0.15) is 12.5 Å². The number of ether oxygens (including phenoxy) is 1. The lowest BCUT2D eigenvalue weighted by atomic mass is 10.2. The summed E-state index contributed by atoms with van der Waals surface area (Å²) in [6.07, 6.45) is -0.238. The zero-order valence-corrected chi connectivity index (χ0v) is 12.8. The summed E-state index contributed by atoms with van der Waals surface area (Å²) in [5.74, 6) is 5.12. The molecular formula is C13H16ClNO4S. The summed E-state index contributed by atoms with van der Waals surface area (Å²) in [5.41, 5.74) is 0.535. The Morgan fingerprint density at radius 3 is 2.75 bits per heavy atom. The fourth-order valence-electron chi connectivity index (χ4n) is 1.33. The molecule has 1 atom stereocenters. The molecule has 1 aromatic carbocycles. The predicted molar refractivity (Wildman–Crippen MR) is 77.1 cm³/mol. The lowest BCUT2D eigenvalue weighted by Gasteiger charge is -2.12. The molecule has 2 N–H and O–H groups in total. The summed E-state index contributed by atoms with van der Waals surface area (Å²) in [5, 5.41) is 8.68.